The van der Waals surface area contributed by atoms with Crippen LogP contribution in [0, 0.1) is 17.8 Å². The Bertz CT molecular complexity index is 785. The first-order valence-electron chi connectivity index (χ1n) is 9.46. The van der Waals surface area contributed by atoms with E-state index in [1.54, 1.807) is 22.5 Å². The molecule has 2 aliphatic heterocycles. The van der Waals surface area contributed by atoms with Crippen molar-refractivity contribution in [1.29, 1.82) is 0 Å². The van der Waals surface area contributed by atoms with Crippen molar-refractivity contribution in [2.24, 2.45) is 17.8 Å². The number of carbonyl (C=O) groups is 2. The lowest BCUT2D eigenvalue weighted by Crippen LogP contribution is -2.50. The largest absolute Gasteiger partial charge is 0.396 e. The second kappa shape index (κ2) is 6.54. The summed E-state index contributed by atoms with van der Waals surface area (Å²) in [6.07, 6.45) is 2.55. The van der Waals surface area contributed by atoms with Crippen molar-refractivity contribution in [3.63, 3.8) is 0 Å². The average Bonchev–Trinajstić information content (AvgIpc) is 3.31. The summed E-state index contributed by atoms with van der Waals surface area (Å²) in [5.41, 5.74) is 0.660. The summed E-state index contributed by atoms with van der Waals surface area (Å²) in [5, 5.41) is 13.0. The first kappa shape index (κ1) is 17.3. The molecule has 7 heteroatoms. The van der Waals surface area contributed by atoms with Gasteiger partial charge >= 0.3 is 0 Å². The molecule has 0 unspecified atom stereocenters. The molecule has 0 spiro atoms. The highest BCUT2D eigenvalue weighted by atomic mass is 16.3. The number of aliphatic hydroxyl groups excluding tert-OH is 1. The molecular weight excluding hydrogens is 334 g/mol. The summed E-state index contributed by atoms with van der Waals surface area (Å²) in [6, 6.07) is 4.04. The van der Waals surface area contributed by atoms with Gasteiger partial charge in [0.15, 0.2) is 0 Å². The van der Waals surface area contributed by atoms with E-state index in [1.165, 1.54) is 6.07 Å². The van der Waals surface area contributed by atoms with Crippen LogP contribution in [0.15, 0.2) is 23.0 Å². The van der Waals surface area contributed by atoms with E-state index in [9.17, 15) is 19.5 Å². The molecule has 4 atom stereocenters. The van der Waals surface area contributed by atoms with Crippen molar-refractivity contribution >= 4 is 11.8 Å². The van der Waals surface area contributed by atoms with Gasteiger partial charge in [-0.15, -0.1) is 0 Å². The zero-order valence-electron chi connectivity index (χ0n) is 14.9. The number of likely N-dealkylation sites (tertiary alicyclic amines) is 1. The Morgan fingerprint density at radius 1 is 1.31 bits per heavy atom. The number of amides is 2. The van der Waals surface area contributed by atoms with Gasteiger partial charge < -0.3 is 19.9 Å². The van der Waals surface area contributed by atoms with Gasteiger partial charge in [-0.2, -0.15) is 0 Å². The fourth-order valence-electron chi connectivity index (χ4n) is 4.57. The Morgan fingerprint density at radius 3 is 2.73 bits per heavy atom. The monoisotopic (exact) mass is 359 g/mol. The molecule has 3 heterocycles. The third-order valence-electron chi connectivity index (χ3n) is 6.07. The molecule has 140 valence electrons. The molecule has 1 saturated heterocycles. The van der Waals surface area contributed by atoms with Crippen LogP contribution in [0.3, 0.4) is 0 Å². The standard InChI is InChI=1S/C19H25N3O4/c1-2-15(24)22-17-12(9-21-14(17)4-3-5-16(21)25)13(10-23)18(22)19(26)20-8-11-6-7-11/h3-5,11-13,17-18,23H,2,6-10H2,1H3,(H,20,26)/t12-,13-,17+,18-/m0/s1. The maximum atomic E-state index is 12.9. The number of pyridine rings is 1. The summed E-state index contributed by atoms with van der Waals surface area (Å²) in [6.45, 7) is 2.66. The zero-order valence-corrected chi connectivity index (χ0v) is 14.9. The van der Waals surface area contributed by atoms with Crippen molar-refractivity contribution in [2.45, 2.75) is 44.8 Å². The number of nitrogens with zero attached hydrogens (tertiary/aromatic N) is 2. The van der Waals surface area contributed by atoms with E-state index in [1.807, 2.05) is 6.07 Å². The van der Waals surface area contributed by atoms with Gasteiger partial charge in [0.05, 0.1) is 6.04 Å². The van der Waals surface area contributed by atoms with Crippen LogP contribution in [0.1, 0.15) is 37.9 Å². The molecule has 0 bridgehead atoms. The van der Waals surface area contributed by atoms with Gasteiger partial charge in [-0.05, 0) is 24.8 Å². The number of hydrogen-bond donors (Lipinski definition) is 2. The lowest BCUT2D eigenvalue weighted by Gasteiger charge is -2.30. The second-order valence-electron chi connectivity index (χ2n) is 7.64. The third kappa shape index (κ3) is 2.65. The SMILES string of the molecule is CCC(=O)N1[C@H](C(=O)NCC2CC2)[C@@H](CO)[C@@H]2Cn3c(cccc3=O)[C@@H]21. The predicted molar refractivity (Wildman–Crippen MR) is 94.2 cm³/mol. The summed E-state index contributed by atoms with van der Waals surface area (Å²) in [4.78, 5) is 39.5. The number of aromatic nitrogens is 1. The second-order valence-corrected chi connectivity index (χ2v) is 7.64. The molecule has 0 aromatic carbocycles. The molecule has 1 aromatic heterocycles. The van der Waals surface area contributed by atoms with Crippen molar-refractivity contribution in [2.75, 3.05) is 13.2 Å². The topological polar surface area (TPSA) is 91.6 Å². The van der Waals surface area contributed by atoms with Crippen LogP contribution < -0.4 is 10.9 Å². The Balaban J connectivity index is 1.71. The first-order valence-corrected chi connectivity index (χ1v) is 9.46. The minimum Gasteiger partial charge on any atom is -0.396 e. The number of aliphatic hydroxyl groups is 1. The Hall–Kier alpha value is -2.15. The molecule has 1 saturated carbocycles. The van der Waals surface area contributed by atoms with Gasteiger partial charge in [0.2, 0.25) is 11.8 Å². The Morgan fingerprint density at radius 2 is 2.08 bits per heavy atom. The van der Waals surface area contributed by atoms with Crippen LogP contribution in [0.5, 0.6) is 0 Å². The van der Waals surface area contributed by atoms with Crippen molar-refractivity contribution < 1.29 is 14.7 Å². The molecule has 2 N–H and O–H groups in total. The summed E-state index contributed by atoms with van der Waals surface area (Å²) >= 11 is 0. The maximum absolute atomic E-state index is 12.9. The smallest absolute Gasteiger partial charge is 0.250 e. The minimum atomic E-state index is -0.676. The molecule has 0 radical (unpaired) electrons. The van der Waals surface area contributed by atoms with Crippen LogP contribution >= 0.6 is 0 Å². The summed E-state index contributed by atoms with van der Waals surface area (Å²) in [5.74, 6) is -0.248. The first-order chi connectivity index (χ1) is 12.6. The van der Waals surface area contributed by atoms with E-state index in [0.717, 1.165) is 18.5 Å². The van der Waals surface area contributed by atoms with Gasteiger partial charge in [-0.3, -0.25) is 14.4 Å². The minimum absolute atomic E-state index is 0.104. The van der Waals surface area contributed by atoms with Crippen molar-refractivity contribution in [1.82, 2.24) is 14.8 Å². The zero-order chi connectivity index (χ0) is 18.4. The van der Waals surface area contributed by atoms with Crippen molar-refractivity contribution in [3.8, 4) is 0 Å². The number of nitrogens with one attached hydrogen (secondary N) is 1. The molecule has 4 rings (SSSR count). The lowest BCUT2D eigenvalue weighted by molar-refractivity contribution is -0.141. The highest BCUT2D eigenvalue weighted by Gasteiger charge is 2.56. The molecule has 1 aliphatic carbocycles. The van der Waals surface area contributed by atoms with E-state index in [2.05, 4.69) is 5.32 Å². The average molecular weight is 359 g/mol. The predicted octanol–water partition coefficient (Wildman–Crippen LogP) is 0.275. The van der Waals surface area contributed by atoms with Gasteiger partial charge in [0, 0.05) is 49.7 Å². The molecule has 2 fully saturated rings. The van der Waals surface area contributed by atoms with Crippen molar-refractivity contribution in [3.05, 3.63) is 34.2 Å². The van der Waals surface area contributed by atoms with Crippen LogP contribution in [-0.2, 0) is 16.1 Å². The number of fused-ring (bicyclic) bond motifs is 3. The van der Waals surface area contributed by atoms with E-state index in [4.69, 9.17) is 0 Å². The lowest BCUT2D eigenvalue weighted by atomic mass is 9.88. The molecule has 26 heavy (non-hydrogen) atoms. The van der Waals surface area contributed by atoms with Crippen LogP contribution in [0.25, 0.3) is 0 Å². The summed E-state index contributed by atoms with van der Waals surface area (Å²) in [7, 11) is 0. The molecular formula is C19H25N3O4. The van der Waals surface area contributed by atoms with Gasteiger partial charge in [-0.25, -0.2) is 0 Å². The molecule has 2 amide bonds. The molecule has 7 nitrogen and oxygen atoms in total. The van der Waals surface area contributed by atoms with Crippen LogP contribution in [0.2, 0.25) is 0 Å². The van der Waals surface area contributed by atoms with E-state index < -0.39 is 6.04 Å². The third-order valence-corrected chi connectivity index (χ3v) is 6.07. The molecule has 3 aliphatic rings. The summed E-state index contributed by atoms with van der Waals surface area (Å²) < 4.78 is 1.67. The van der Waals surface area contributed by atoms with E-state index >= 15 is 0 Å². The maximum Gasteiger partial charge on any atom is 0.250 e. The van der Waals surface area contributed by atoms with Gasteiger partial charge in [-0.1, -0.05) is 13.0 Å². The fourth-order valence-corrected chi connectivity index (χ4v) is 4.57. The number of hydrogen-bond acceptors (Lipinski definition) is 4. The normalized spacial score (nSPS) is 29.4. The Kier molecular flexibility index (Phi) is 4.34. The number of rotatable bonds is 5. The number of carbonyl (C=O) groups excluding carboxylic acids is 2. The van der Waals surface area contributed by atoms with Crippen LogP contribution in [0.4, 0.5) is 0 Å². The Labute approximate surface area is 152 Å². The van der Waals surface area contributed by atoms with E-state index in [0.29, 0.717) is 19.0 Å². The van der Waals surface area contributed by atoms with Crippen LogP contribution in [-0.4, -0.2) is 45.6 Å². The highest BCUT2D eigenvalue weighted by molar-refractivity contribution is 5.89. The fraction of sp³-hybridized carbons (Fsp3) is 0.632. The highest BCUT2D eigenvalue weighted by Crippen LogP contribution is 2.49. The quantitative estimate of drug-likeness (QED) is 0.790. The van der Waals surface area contributed by atoms with Gasteiger partial charge in [0.1, 0.15) is 6.04 Å². The molecule has 1 aromatic rings. The van der Waals surface area contributed by atoms with E-state index in [-0.39, 0.29) is 48.3 Å². The van der Waals surface area contributed by atoms with Gasteiger partial charge in [0.25, 0.3) is 5.56 Å².